The molecule has 0 unspecified atom stereocenters. The molecule has 0 atom stereocenters. The van der Waals surface area contributed by atoms with Crippen LogP contribution in [-0.2, 0) is 9.53 Å². The van der Waals surface area contributed by atoms with Crippen molar-refractivity contribution in [2.24, 2.45) is 5.92 Å². The topological polar surface area (TPSA) is 71.5 Å². The maximum Gasteiger partial charge on any atom is 0.324 e. The number of ether oxygens (including phenoxy) is 1. The summed E-state index contributed by atoms with van der Waals surface area (Å²) in [6.45, 7) is 4.54. The van der Waals surface area contributed by atoms with E-state index < -0.39 is 0 Å². The summed E-state index contributed by atoms with van der Waals surface area (Å²) in [5.41, 5.74) is 0. The molecule has 8 heteroatoms. The second-order valence-corrected chi connectivity index (χ2v) is 10.9. The number of urea groups is 1. The van der Waals surface area contributed by atoms with Gasteiger partial charge < -0.3 is 9.64 Å². The lowest BCUT2D eigenvalue weighted by Gasteiger charge is -2.42. The van der Waals surface area contributed by atoms with Crippen LogP contribution in [0.4, 0.5) is 9.93 Å². The van der Waals surface area contributed by atoms with Gasteiger partial charge in [0, 0.05) is 17.8 Å². The van der Waals surface area contributed by atoms with Gasteiger partial charge in [-0.15, -0.1) is 11.8 Å². The molecule has 0 aliphatic heterocycles. The Morgan fingerprint density at radius 3 is 2.57 bits per heavy atom. The minimum atomic E-state index is -0.173. The molecular weight excluding hydrogens is 418 g/mol. The number of aromatic nitrogens is 1. The average molecular weight is 454 g/mol. The number of hydrogen-bond acceptors (Lipinski definition) is 6. The minimum absolute atomic E-state index is 0.0128. The zero-order chi connectivity index (χ0) is 21.3. The van der Waals surface area contributed by atoms with Crippen molar-refractivity contribution in [3.63, 3.8) is 0 Å². The van der Waals surface area contributed by atoms with Gasteiger partial charge in [-0.05, 0) is 51.4 Å². The summed E-state index contributed by atoms with van der Waals surface area (Å²) in [5.74, 6) is 1.25. The third-order valence-electron chi connectivity index (χ3n) is 6.14. The second-order valence-electron chi connectivity index (χ2n) is 8.43. The molecule has 2 saturated carbocycles. The number of hydrogen-bond donors (Lipinski definition) is 1. The number of thioether (sulfide) groups is 1. The highest BCUT2D eigenvalue weighted by molar-refractivity contribution is 8.01. The van der Waals surface area contributed by atoms with Crippen molar-refractivity contribution in [1.82, 2.24) is 9.88 Å². The van der Waals surface area contributed by atoms with Gasteiger partial charge in [-0.25, -0.2) is 9.78 Å². The number of nitrogens with zero attached hydrogens (tertiary/aromatic N) is 2. The zero-order valence-electron chi connectivity index (χ0n) is 18.2. The maximum atomic E-state index is 13.3. The SMILES string of the molecule is CCOC(=O)CCSc1cnc(NC(=O)N(C2CCCCC2)C2CCC(C)CC2)s1. The Morgan fingerprint density at radius 2 is 1.87 bits per heavy atom. The van der Waals surface area contributed by atoms with Gasteiger partial charge in [0.2, 0.25) is 0 Å². The van der Waals surface area contributed by atoms with Gasteiger partial charge in [-0.1, -0.05) is 37.5 Å². The van der Waals surface area contributed by atoms with Crippen molar-refractivity contribution >= 4 is 40.2 Å². The number of nitrogens with one attached hydrogen (secondary N) is 1. The Balaban J connectivity index is 1.57. The van der Waals surface area contributed by atoms with Crippen molar-refractivity contribution in [3.8, 4) is 0 Å². The van der Waals surface area contributed by atoms with Gasteiger partial charge in [0.25, 0.3) is 0 Å². The summed E-state index contributed by atoms with van der Waals surface area (Å²) >= 11 is 3.06. The predicted octanol–water partition coefficient (Wildman–Crippen LogP) is 5.93. The van der Waals surface area contributed by atoms with Crippen molar-refractivity contribution < 1.29 is 14.3 Å². The molecule has 1 heterocycles. The first kappa shape index (κ1) is 23.4. The molecule has 3 rings (SSSR count). The molecule has 6 nitrogen and oxygen atoms in total. The summed E-state index contributed by atoms with van der Waals surface area (Å²) in [4.78, 5) is 31.3. The molecular formula is C22H35N3O3S2. The van der Waals surface area contributed by atoms with Crippen molar-refractivity contribution in [2.75, 3.05) is 17.7 Å². The third kappa shape index (κ3) is 6.87. The molecule has 0 spiro atoms. The highest BCUT2D eigenvalue weighted by atomic mass is 32.2. The molecule has 1 aromatic heterocycles. The third-order valence-corrected chi connectivity index (χ3v) is 8.24. The molecule has 0 bridgehead atoms. The first-order valence-corrected chi connectivity index (χ1v) is 13.2. The number of thiazole rings is 1. The van der Waals surface area contributed by atoms with E-state index in [-0.39, 0.29) is 12.0 Å². The van der Waals surface area contributed by atoms with E-state index in [0.717, 1.165) is 35.8 Å². The standard InChI is InChI=1S/C22H35N3O3S2/c1-3-28-19(26)13-14-29-20-15-23-21(30-20)24-22(27)25(17-7-5-4-6-8-17)18-11-9-16(2)10-12-18/h15-18H,3-14H2,1-2H3,(H,23,24,27). The van der Waals surface area contributed by atoms with Gasteiger partial charge in [0.05, 0.1) is 23.4 Å². The lowest BCUT2D eigenvalue weighted by molar-refractivity contribution is -0.142. The van der Waals surface area contributed by atoms with Gasteiger partial charge in [-0.2, -0.15) is 0 Å². The molecule has 2 aliphatic carbocycles. The number of rotatable bonds is 8. The van der Waals surface area contributed by atoms with E-state index in [1.165, 1.54) is 43.4 Å². The van der Waals surface area contributed by atoms with E-state index in [1.54, 1.807) is 18.0 Å². The molecule has 0 aromatic carbocycles. The molecule has 2 aliphatic rings. The molecule has 2 amide bonds. The Morgan fingerprint density at radius 1 is 1.17 bits per heavy atom. The summed E-state index contributed by atoms with van der Waals surface area (Å²) in [5, 5.41) is 3.72. The van der Waals surface area contributed by atoms with Crippen LogP contribution >= 0.6 is 23.1 Å². The second kappa shape index (κ2) is 11.9. The van der Waals surface area contributed by atoms with Crippen molar-refractivity contribution in [3.05, 3.63) is 6.20 Å². The first-order valence-electron chi connectivity index (χ1n) is 11.4. The van der Waals surface area contributed by atoms with Crippen molar-refractivity contribution in [2.45, 2.75) is 94.3 Å². The first-order chi connectivity index (χ1) is 14.6. The van der Waals surface area contributed by atoms with Crippen LogP contribution in [0.3, 0.4) is 0 Å². The lowest BCUT2D eigenvalue weighted by atomic mass is 9.84. The number of anilines is 1. The van der Waals surface area contributed by atoms with Crippen LogP contribution in [-0.4, -0.2) is 46.3 Å². The van der Waals surface area contributed by atoms with Gasteiger partial charge in [-0.3, -0.25) is 10.1 Å². The largest absolute Gasteiger partial charge is 0.466 e. The van der Waals surface area contributed by atoms with Crippen LogP contribution < -0.4 is 5.32 Å². The monoisotopic (exact) mass is 453 g/mol. The van der Waals surface area contributed by atoms with Crippen LogP contribution in [0.2, 0.25) is 0 Å². The quantitative estimate of drug-likeness (QED) is 0.390. The van der Waals surface area contributed by atoms with E-state index >= 15 is 0 Å². The fourth-order valence-corrected chi connectivity index (χ4v) is 6.38. The minimum Gasteiger partial charge on any atom is -0.466 e. The predicted molar refractivity (Wildman–Crippen MR) is 123 cm³/mol. The molecule has 0 saturated heterocycles. The van der Waals surface area contributed by atoms with Gasteiger partial charge in [0.15, 0.2) is 5.13 Å². The average Bonchev–Trinajstić information content (AvgIpc) is 3.18. The summed E-state index contributed by atoms with van der Waals surface area (Å²) in [6.07, 6.45) is 12.8. The van der Waals surface area contributed by atoms with Crippen LogP contribution in [0.15, 0.2) is 10.4 Å². The zero-order valence-corrected chi connectivity index (χ0v) is 19.9. The number of esters is 1. The fraction of sp³-hybridized carbons (Fsp3) is 0.773. The highest BCUT2D eigenvalue weighted by Gasteiger charge is 2.34. The highest BCUT2D eigenvalue weighted by Crippen LogP contribution is 2.34. The number of carbonyl (C=O) groups is 2. The number of amides is 2. The summed E-state index contributed by atoms with van der Waals surface area (Å²) in [6, 6.07) is 0.720. The van der Waals surface area contributed by atoms with E-state index in [1.807, 2.05) is 6.92 Å². The van der Waals surface area contributed by atoms with Crippen LogP contribution in [0.25, 0.3) is 0 Å². The molecule has 1 N–H and O–H groups in total. The normalized spacial score (nSPS) is 22.5. The Hall–Kier alpha value is -1.28. The van der Waals surface area contributed by atoms with E-state index in [2.05, 4.69) is 22.1 Å². The van der Waals surface area contributed by atoms with Crippen LogP contribution in [0.1, 0.15) is 78.1 Å². The molecule has 0 radical (unpaired) electrons. The van der Waals surface area contributed by atoms with E-state index in [0.29, 0.717) is 36.0 Å². The smallest absolute Gasteiger partial charge is 0.324 e. The Bertz CT molecular complexity index is 683. The Labute approximate surface area is 188 Å². The maximum absolute atomic E-state index is 13.3. The lowest BCUT2D eigenvalue weighted by Crippen LogP contribution is -2.51. The van der Waals surface area contributed by atoms with Crippen LogP contribution in [0.5, 0.6) is 0 Å². The van der Waals surface area contributed by atoms with Crippen molar-refractivity contribution in [1.29, 1.82) is 0 Å². The molecule has 168 valence electrons. The van der Waals surface area contributed by atoms with E-state index in [9.17, 15) is 9.59 Å². The fourth-order valence-electron chi connectivity index (χ4n) is 4.52. The molecule has 30 heavy (non-hydrogen) atoms. The van der Waals surface area contributed by atoms with E-state index in [4.69, 9.17) is 4.74 Å². The number of carbonyl (C=O) groups excluding carboxylic acids is 2. The van der Waals surface area contributed by atoms with Crippen LogP contribution in [0, 0.1) is 5.92 Å². The summed E-state index contributed by atoms with van der Waals surface area (Å²) < 4.78 is 5.96. The molecule has 2 fully saturated rings. The summed E-state index contributed by atoms with van der Waals surface area (Å²) in [7, 11) is 0. The Kier molecular flexibility index (Phi) is 9.30. The van der Waals surface area contributed by atoms with Gasteiger partial charge in [0.1, 0.15) is 0 Å². The molecule has 1 aromatic rings. The van der Waals surface area contributed by atoms with Gasteiger partial charge >= 0.3 is 12.0 Å².